The molecule has 1 aromatic carbocycles. The van der Waals surface area contributed by atoms with Gasteiger partial charge >= 0.3 is 0 Å². The number of benzene rings is 1. The molecule has 2 nitrogen and oxygen atoms in total. The van der Waals surface area contributed by atoms with Crippen LogP contribution in [0.5, 0.6) is 0 Å². The van der Waals surface area contributed by atoms with Crippen molar-refractivity contribution in [2.75, 3.05) is 13.2 Å². The molecule has 0 fully saturated rings. The molecule has 1 N–H and O–H groups in total. The molecule has 2 heteroatoms. The molecule has 1 unspecified atom stereocenters. The van der Waals surface area contributed by atoms with Gasteiger partial charge in [-0.3, -0.25) is 0 Å². The Hall–Kier alpha value is -0.860. The van der Waals surface area contributed by atoms with Gasteiger partial charge in [-0.15, -0.1) is 0 Å². The highest BCUT2D eigenvalue weighted by Crippen LogP contribution is 2.23. The Morgan fingerprint density at radius 2 is 1.61 bits per heavy atom. The summed E-state index contributed by atoms with van der Waals surface area (Å²) in [5.74, 6) is 0. The van der Waals surface area contributed by atoms with Crippen LogP contribution in [0.2, 0.25) is 0 Å². The fourth-order valence-electron chi connectivity index (χ4n) is 2.55. The first kappa shape index (κ1) is 15.2. The second-order valence-electron chi connectivity index (χ2n) is 5.41. The molecule has 0 aliphatic heterocycles. The van der Waals surface area contributed by atoms with Crippen molar-refractivity contribution in [2.24, 2.45) is 0 Å². The summed E-state index contributed by atoms with van der Waals surface area (Å²) in [5.41, 5.74) is 5.50. The smallest absolute Gasteiger partial charge is 0.0594 e. The van der Waals surface area contributed by atoms with Crippen molar-refractivity contribution < 1.29 is 4.74 Å². The molecule has 0 saturated carbocycles. The van der Waals surface area contributed by atoms with E-state index < -0.39 is 0 Å². The Bertz CT molecular complexity index is 362. The van der Waals surface area contributed by atoms with Crippen LogP contribution in [-0.4, -0.2) is 19.3 Å². The number of rotatable bonds is 6. The van der Waals surface area contributed by atoms with Crippen LogP contribution < -0.4 is 5.32 Å². The summed E-state index contributed by atoms with van der Waals surface area (Å²) < 4.78 is 5.55. The average Bonchev–Trinajstić information content (AvgIpc) is 2.22. The van der Waals surface area contributed by atoms with Gasteiger partial charge < -0.3 is 10.1 Å². The summed E-state index contributed by atoms with van der Waals surface area (Å²) in [6.45, 7) is 14.6. The maximum absolute atomic E-state index is 5.55. The van der Waals surface area contributed by atoms with Gasteiger partial charge in [-0.2, -0.15) is 0 Å². The fraction of sp³-hybridized carbons (Fsp3) is 0.625. The van der Waals surface area contributed by atoms with E-state index in [0.29, 0.717) is 12.1 Å². The second kappa shape index (κ2) is 6.91. The van der Waals surface area contributed by atoms with E-state index in [1.807, 2.05) is 0 Å². The zero-order chi connectivity index (χ0) is 13.7. The Kier molecular flexibility index (Phi) is 5.83. The molecule has 0 aliphatic carbocycles. The number of nitrogens with one attached hydrogen (secondary N) is 1. The molecule has 0 amide bonds. The zero-order valence-corrected chi connectivity index (χ0v) is 12.6. The SMILES string of the molecule is Cc1cc(C)c(C(C)NCCOC(C)C)c(C)c1. The van der Waals surface area contributed by atoms with E-state index in [9.17, 15) is 0 Å². The summed E-state index contributed by atoms with van der Waals surface area (Å²) in [6, 6.07) is 4.89. The second-order valence-corrected chi connectivity index (χ2v) is 5.41. The van der Waals surface area contributed by atoms with Crippen molar-refractivity contribution in [1.82, 2.24) is 5.32 Å². The van der Waals surface area contributed by atoms with E-state index in [2.05, 4.69) is 59.0 Å². The summed E-state index contributed by atoms with van der Waals surface area (Å²) in [7, 11) is 0. The molecule has 0 heterocycles. The van der Waals surface area contributed by atoms with Crippen LogP contribution in [0.4, 0.5) is 0 Å². The van der Waals surface area contributed by atoms with E-state index in [-0.39, 0.29) is 0 Å². The van der Waals surface area contributed by atoms with Gasteiger partial charge in [0, 0.05) is 12.6 Å². The number of ether oxygens (including phenoxy) is 1. The van der Waals surface area contributed by atoms with Gasteiger partial charge in [0.15, 0.2) is 0 Å². The first-order valence-electron chi connectivity index (χ1n) is 6.84. The molecule has 1 rings (SSSR count). The number of aryl methyl sites for hydroxylation is 3. The van der Waals surface area contributed by atoms with Crippen LogP contribution >= 0.6 is 0 Å². The van der Waals surface area contributed by atoms with E-state index in [0.717, 1.165) is 13.2 Å². The third-order valence-corrected chi connectivity index (χ3v) is 3.17. The van der Waals surface area contributed by atoms with Crippen LogP contribution in [0, 0.1) is 20.8 Å². The molecule has 0 saturated heterocycles. The first-order chi connectivity index (χ1) is 8.41. The van der Waals surface area contributed by atoms with Gasteiger partial charge in [0.2, 0.25) is 0 Å². The summed E-state index contributed by atoms with van der Waals surface area (Å²) in [4.78, 5) is 0. The van der Waals surface area contributed by atoms with Gasteiger partial charge in [-0.25, -0.2) is 0 Å². The monoisotopic (exact) mass is 249 g/mol. The molecule has 1 aromatic rings. The van der Waals surface area contributed by atoms with Crippen molar-refractivity contribution in [3.8, 4) is 0 Å². The van der Waals surface area contributed by atoms with Crippen molar-refractivity contribution >= 4 is 0 Å². The van der Waals surface area contributed by atoms with Crippen molar-refractivity contribution in [1.29, 1.82) is 0 Å². The quantitative estimate of drug-likeness (QED) is 0.776. The molecule has 0 aromatic heterocycles. The zero-order valence-electron chi connectivity index (χ0n) is 12.6. The van der Waals surface area contributed by atoms with Crippen molar-refractivity contribution in [3.63, 3.8) is 0 Å². The Balaban J connectivity index is 2.59. The average molecular weight is 249 g/mol. The number of hydrogen-bond acceptors (Lipinski definition) is 2. The van der Waals surface area contributed by atoms with Gasteiger partial charge in [-0.05, 0) is 58.2 Å². The maximum atomic E-state index is 5.55. The lowest BCUT2D eigenvalue weighted by Gasteiger charge is -2.20. The third-order valence-electron chi connectivity index (χ3n) is 3.17. The predicted molar refractivity (Wildman–Crippen MR) is 78.2 cm³/mol. The van der Waals surface area contributed by atoms with Gasteiger partial charge in [0.25, 0.3) is 0 Å². The van der Waals surface area contributed by atoms with Crippen LogP contribution in [0.1, 0.15) is 49.1 Å². The minimum atomic E-state index is 0.310. The first-order valence-corrected chi connectivity index (χ1v) is 6.84. The van der Waals surface area contributed by atoms with E-state index in [1.165, 1.54) is 22.3 Å². The Morgan fingerprint density at radius 3 is 2.11 bits per heavy atom. The minimum Gasteiger partial charge on any atom is -0.377 e. The van der Waals surface area contributed by atoms with Gasteiger partial charge in [0.1, 0.15) is 0 Å². The van der Waals surface area contributed by atoms with Crippen LogP contribution in [-0.2, 0) is 4.74 Å². The lowest BCUT2D eigenvalue weighted by Crippen LogP contribution is -2.25. The highest BCUT2D eigenvalue weighted by atomic mass is 16.5. The molecular formula is C16H27NO. The third kappa shape index (κ3) is 4.43. The Morgan fingerprint density at radius 1 is 1.06 bits per heavy atom. The van der Waals surface area contributed by atoms with Gasteiger partial charge in [-0.1, -0.05) is 17.7 Å². The van der Waals surface area contributed by atoms with E-state index >= 15 is 0 Å². The van der Waals surface area contributed by atoms with Crippen LogP contribution in [0.25, 0.3) is 0 Å². The minimum absolute atomic E-state index is 0.310. The standard InChI is InChI=1S/C16H27NO/c1-11(2)18-8-7-17-15(6)16-13(4)9-12(3)10-14(16)5/h9-11,15,17H,7-8H2,1-6H3. The van der Waals surface area contributed by atoms with Crippen LogP contribution in [0.15, 0.2) is 12.1 Å². The highest BCUT2D eigenvalue weighted by molar-refractivity contribution is 5.39. The molecule has 0 aliphatic rings. The normalized spacial score (nSPS) is 13.1. The topological polar surface area (TPSA) is 21.3 Å². The molecular weight excluding hydrogens is 222 g/mol. The van der Waals surface area contributed by atoms with Crippen LogP contribution in [0.3, 0.4) is 0 Å². The highest BCUT2D eigenvalue weighted by Gasteiger charge is 2.11. The molecule has 0 bridgehead atoms. The molecule has 1 atom stereocenters. The lowest BCUT2D eigenvalue weighted by molar-refractivity contribution is 0.0796. The van der Waals surface area contributed by atoms with Crippen molar-refractivity contribution in [2.45, 2.75) is 53.7 Å². The van der Waals surface area contributed by atoms with Crippen molar-refractivity contribution in [3.05, 3.63) is 34.4 Å². The summed E-state index contributed by atoms with van der Waals surface area (Å²) in [5, 5.41) is 3.53. The molecule has 18 heavy (non-hydrogen) atoms. The van der Waals surface area contributed by atoms with E-state index in [4.69, 9.17) is 4.74 Å². The lowest BCUT2D eigenvalue weighted by atomic mass is 9.95. The predicted octanol–water partition coefficient (Wildman–Crippen LogP) is 3.69. The fourth-order valence-corrected chi connectivity index (χ4v) is 2.55. The molecule has 0 radical (unpaired) electrons. The molecule has 0 spiro atoms. The largest absolute Gasteiger partial charge is 0.377 e. The van der Waals surface area contributed by atoms with E-state index in [1.54, 1.807) is 0 Å². The number of hydrogen-bond donors (Lipinski definition) is 1. The Labute approximate surface area is 112 Å². The maximum Gasteiger partial charge on any atom is 0.0594 e. The summed E-state index contributed by atoms with van der Waals surface area (Å²) >= 11 is 0. The molecule has 102 valence electrons. The van der Waals surface area contributed by atoms with Gasteiger partial charge in [0.05, 0.1) is 12.7 Å². The summed E-state index contributed by atoms with van der Waals surface area (Å²) in [6.07, 6.45) is 0.310.